The highest BCUT2D eigenvalue weighted by atomic mass is 31.0. The zero-order valence-electron chi connectivity index (χ0n) is 9.26. The second-order valence-electron chi connectivity index (χ2n) is 3.91. The van der Waals surface area contributed by atoms with E-state index in [1.807, 2.05) is 6.20 Å². The summed E-state index contributed by atoms with van der Waals surface area (Å²) in [6.07, 6.45) is 13.0. The Hall–Kier alpha value is -0.290. The number of hydrogen-bond acceptors (Lipinski definition) is 1. The summed E-state index contributed by atoms with van der Waals surface area (Å²) in [6.45, 7) is 2.27. The molecule has 0 aromatic carbocycles. The van der Waals surface area contributed by atoms with E-state index in [4.69, 9.17) is 0 Å². The number of aryl methyl sites for hydroxylation is 1. The van der Waals surface area contributed by atoms with Crippen molar-refractivity contribution in [1.29, 1.82) is 0 Å². The molecule has 0 aliphatic rings. The molecule has 1 rings (SSSR count). The summed E-state index contributed by atoms with van der Waals surface area (Å²) in [6, 6.07) is 0. The lowest BCUT2D eigenvalue weighted by molar-refractivity contribution is 0.589. The van der Waals surface area contributed by atoms with Crippen LogP contribution in [0.4, 0.5) is 0 Å². The Kier molecular flexibility index (Phi) is 6.78. The van der Waals surface area contributed by atoms with Gasteiger partial charge >= 0.3 is 0 Å². The first-order valence-electron chi connectivity index (χ1n) is 5.91. The number of unbranched alkanes of at least 4 members (excludes halogenated alkanes) is 6. The molecule has 0 aliphatic heterocycles. The minimum absolute atomic E-state index is 0.881. The molecule has 1 aromatic heterocycles. The van der Waals surface area contributed by atoms with Gasteiger partial charge in [-0.2, -0.15) is 0 Å². The van der Waals surface area contributed by atoms with Crippen LogP contribution in [0.2, 0.25) is 0 Å². The maximum Gasteiger partial charge on any atom is 0.0561 e. The lowest BCUT2D eigenvalue weighted by Crippen LogP contribution is -1.84. The molecular weight excluding hydrogens is 189 g/mol. The highest BCUT2D eigenvalue weighted by Crippen LogP contribution is 2.15. The third-order valence-electron chi connectivity index (χ3n) is 2.57. The molecule has 0 saturated carbocycles. The Balaban J connectivity index is 1.85. The number of nitrogens with zero attached hydrogens (tertiary/aromatic N) is 1. The fraction of sp³-hybridized carbons (Fsp3) is 0.750. The quantitative estimate of drug-likeness (QED) is 0.580. The van der Waals surface area contributed by atoms with Crippen LogP contribution in [0.15, 0.2) is 12.0 Å². The lowest BCUT2D eigenvalue weighted by atomic mass is 10.1. The average molecular weight is 211 g/mol. The van der Waals surface area contributed by atoms with Gasteiger partial charge in [0.25, 0.3) is 0 Å². The molecule has 1 nitrogen and oxygen atoms in total. The van der Waals surface area contributed by atoms with Gasteiger partial charge in [-0.25, -0.2) is 0 Å². The maximum absolute atomic E-state index is 4.33. The van der Waals surface area contributed by atoms with E-state index >= 15 is 0 Å². The zero-order chi connectivity index (χ0) is 10.1. The zero-order valence-corrected chi connectivity index (χ0v) is 10.3. The van der Waals surface area contributed by atoms with E-state index in [-0.39, 0.29) is 0 Å². The van der Waals surface area contributed by atoms with Gasteiger partial charge in [0.15, 0.2) is 0 Å². The molecular formula is C12H22NP. The lowest BCUT2D eigenvalue weighted by Gasteiger charge is -1.99. The van der Waals surface area contributed by atoms with Crippen LogP contribution in [-0.4, -0.2) is 4.98 Å². The highest BCUT2D eigenvalue weighted by molar-refractivity contribution is 7.29. The average Bonchev–Trinajstić information content (AvgIpc) is 2.69. The van der Waals surface area contributed by atoms with E-state index in [0.29, 0.717) is 0 Å². The van der Waals surface area contributed by atoms with Gasteiger partial charge in [0.05, 0.1) is 5.43 Å². The topological polar surface area (TPSA) is 12.9 Å². The van der Waals surface area contributed by atoms with Crippen LogP contribution in [0.25, 0.3) is 0 Å². The van der Waals surface area contributed by atoms with Gasteiger partial charge in [0.1, 0.15) is 0 Å². The predicted octanol–water partition coefficient (Wildman–Crippen LogP) is 4.41. The minimum atomic E-state index is 0.881. The Bertz CT molecular complexity index is 206. The van der Waals surface area contributed by atoms with Crippen LogP contribution in [-0.2, 0) is 6.42 Å². The molecule has 1 heterocycles. The van der Waals surface area contributed by atoms with Crippen molar-refractivity contribution >= 4 is 8.19 Å². The molecule has 0 saturated heterocycles. The Morgan fingerprint density at radius 1 is 1.07 bits per heavy atom. The van der Waals surface area contributed by atoms with Crippen molar-refractivity contribution in [2.45, 2.75) is 58.3 Å². The molecule has 0 N–H and O–H groups in total. The van der Waals surface area contributed by atoms with Crippen molar-refractivity contribution in [3.63, 3.8) is 0 Å². The van der Waals surface area contributed by atoms with Crippen molar-refractivity contribution in [2.75, 3.05) is 0 Å². The molecule has 0 aliphatic carbocycles. The standard InChI is InChI=1S/C12H22NP/c1-2-3-4-5-6-7-8-9-12-13-10-11-14-12/h10-11,14H,2-9H2,1H3. The van der Waals surface area contributed by atoms with Crippen LogP contribution < -0.4 is 0 Å². The van der Waals surface area contributed by atoms with Gasteiger partial charge in [0, 0.05) is 6.20 Å². The van der Waals surface area contributed by atoms with E-state index in [0.717, 1.165) is 8.19 Å². The Morgan fingerprint density at radius 3 is 2.43 bits per heavy atom. The predicted molar refractivity (Wildman–Crippen MR) is 65.4 cm³/mol. The van der Waals surface area contributed by atoms with Crippen LogP contribution >= 0.6 is 8.19 Å². The first-order valence-corrected chi connectivity index (χ1v) is 6.99. The number of hydrogen-bond donors (Lipinski definition) is 0. The normalized spacial score (nSPS) is 11.2. The second kappa shape index (κ2) is 8.05. The summed E-state index contributed by atoms with van der Waals surface area (Å²) in [5, 5.41) is 0. The fourth-order valence-electron chi connectivity index (χ4n) is 1.68. The molecule has 0 fully saturated rings. The van der Waals surface area contributed by atoms with Crippen molar-refractivity contribution < 1.29 is 0 Å². The van der Waals surface area contributed by atoms with Gasteiger partial charge in [-0.3, -0.25) is 4.98 Å². The van der Waals surface area contributed by atoms with Crippen molar-refractivity contribution in [3.8, 4) is 0 Å². The smallest absolute Gasteiger partial charge is 0.0561 e. The van der Waals surface area contributed by atoms with E-state index in [1.54, 1.807) is 0 Å². The fourth-order valence-corrected chi connectivity index (χ4v) is 2.50. The molecule has 80 valence electrons. The number of rotatable bonds is 8. The molecule has 14 heavy (non-hydrogen) atoms. The van der Waals surface area contributed by atoms with E-state index in [1.165, 1.54) is 56.8 Å². The second-order valence-corrected chi connectivity index (χ2v) is 5.11. The Labute approximate surface area is 89.4 Å². The first-order chi connectivity index (χ1) is 6.93. The highest BCUT2D eigenvalue weighted by Gasteiger charge is 1.94. The van der Waals surface area contributed by atoms with E-state index in [9.17, 15) is 0 Å². The monoisotopic (exact) mass is 211 g/mol. The van der Waals surface area contributed by atoms with Gasteiger partial charge in [-0.05, 0) is 18.6 Å². The summed E-state index contributed by atoms with van der Waals surface area (Å²) in [7, 11) is 0.881. The molecule has 1 unspecified atom stereocenters. The van der Waals surface area contributed by atoms with Gasteiger partial charge in [0.2, 0.25) is 0 Å². The summed E-state index contributed by atoms with van der Waals surface area (Å²) in [5.74, 6) is 2.18. The van der Waals surface area contributed by atoms with Crippen molar-refractivity contribution in [1.82, 2.24) is 4.98 Å². The summed E-state index contributed by atoms with van der Waals surface area (Å²) in [5.41, 5.74) is 1.42. The van der Waals surface area contributed by atoms with Crippen LogP contribution in [0, 0.1) is 0 Å². The van der Waals surface area contributed by atoms with E-state index < -0.39 is 0 Å². The Morgan fingerprint density at radius 2 is 1.79 bits per heavy atom. The number of aromatic nitrogens is 1. The summed E-state index contributed by atoms with van der Waals surface area (Å²) >= 11 is 0. The van der Waals surface area contributed by atoms with E-state index in [2.05, 4.69) is 17.7 Å². The molecule has 0 spiro atoms. The van der Waals surface area contributed by atoms with Crippen molar-refractivity contribution in [2.24, 2.45) is 0 Å². The molecule has 2 heteroatoms. The van der Waals surface area contributed by atoms with Gasteiger partial charge in [-0.1, -0.05) is 45.4 Å². The summed E-state index contributed by atoms with van der Waals surface area (Å²) in [4.78, 5) is 4.33. The van der Waals surface area contributed by atoms with Gasteiger partial charge < -0.3 is 0 Å². The molecule has 0 amide bonds. The minimum Gasteiger partial charge on any atom is -0.257 e. The van der Waals surface area contributed by atoms with Crippen LogP contribution in [0.3, 0.4) is 0 Å². The van der Waals surface area contributed by atoms with Crippen molar-refractivity contribution in [3.05, 3.63) is 17.4 Å². The SMILES string of the molecule is CCCCCCCCCc1ncc[pH]1. The summed E-state index contributed by atoms with van der Waals surface area (Å²) < 4.78 is 0. The third kappa shape index (κ3) is 5.44. The third-order valence-corrected chi connectivity index (χ3v) is 3.60. The van der Waals surface area contributed by atoms with Gasteiger partial charge in [-0.15, -0.1) is 8.19 Å². The molecule has 0 bridgehead atoms. The molecule has 0 radical (unpaired) electrons. The largest absolute Gasteiger partial charge is 0.257 e. The van der Waals surface area contributed by atoms with Crippen LogP contribution in [0.1, 0.15) is 57.3 Å². The molecule has 1 aromatic rings. The molecule has 1 atom stereocenters. The first kappa shape index (κ1) is 11.8. The maximum atomic E-state index is 4.33. The van der Waals surface area contributed by atoms with Crippen LogP contribution in [0.5, 0.6) is 0 Å².